The lowest BCUT2D eigenvalue weighted by Gasteiger charge is -2.12. The fraction of sp³-hybridized carbons (Fsp3) is 0.350. The fourth-order valence-corrected chi connectivity index (χ4v) is 3.80. The first-order chi connectivity index (χ1) is 12.5. The molecular weight excluding hydrogens is 344 g/mol. The Balaban J connectivity index is 1.72. The molecule has 0 aliphatic heterocycles. The second kappa shape index (κ2) is 7.83. The maximum absolute atomic E-state index is 12.6. The Labute approximate surface area is 158 Å². The summed E-state index contributed by atoms with van der Waals surface area (Å²) in [6, 6.07) is 9.88. The molecule has 2 heterocycles. The number of rotatable bonds is 6. The van der Waals surface area contributed by atoms with Crippen molar-refractivity contribution in [1.29, 1.82) is 0 Å². The summed E-state index contributed by atoms with van der Waals surface area (Å²) >= 11 is 1.64. The Morgan fingerprint density at radius 1 is 1.27 bits per heavy atom. The van der Waals surface area contributed by atoms with Gasteiger partial charge in [0.2, 0.25) is 5.91 Å². The summed E-state index contributed by atoms with van der Waals surface area (Å²) in [7, 11) is 0. The molecular formula is C20H24N4OS. The van der Waals surface area contributed by atoms with E-state index < -0.39 is 0 Å². The molecule has 2 aromatic heterocycles. The molecule has 1 aromatic carbocycles. The predicted molar refractivity (Wildman–Crippen MR) is 105 cm³/mol. The van der Waals surface area contributed by atoms with Gasteiger partial charge in [-0.3, -0.25) is 4.79 Å². The largest absolute Gasteiger partial charge is 0.348 e. The van der Waals surface area contributed by atoms with Crippen LogP contribution in [0.15, 0.2) is 35.7 Å². The van der Waals surface area contributed by atoms with E-state index in [2.05, 4.69) is 22.3 Å². The normalized spacial score (nSPS) is 12.2. The maximum Gasteiger partial charge on any atom is 0.225 e. The number of nitrogens with one attached hydrogen (secondary N) is 1. The van der Waals surface area contributed by atoms with Gasteiger partial charge in [0.15, 0.2) is 0 Å². The number of carbonyl (C=O) groups is 1. The Hall–Kier alpha value is -2.47. The summed E-state index contributed by atoms with van der Waals surface area (Å²) in [6.07, 6.45) is 1.24. The molecule has 6 heteroatoms. The fourth-order valence-electron chi connectivity index (χ4n) is 2.96. The lowest BCUT2D eigenvalue weighted by Crippen LogP contribution is -2.28. The monoisotopic (exact) mass is 368 g/mol. The predicted octanol–water partition coefficient (Wildman–Crippen LogP) is 3.93. The first-order valence-electron chi connectivity index (χ1n) is 8.83. The topological polar surface area (TPSA) is 59.8 Å². The third-order valence-electron chi connectivity index (χ3n) is 4.47. The Morgan fingerprint density at radius 2 is 2.00 bits per heavy atom. The zero-order valence-corrected chi connectivity index (χ0v) is 16.4. The molecule has 0 fully saturated rings. The molecule has 5 nitrogen and oxygen atoms in total. The van der Waals surface area contributed by atoms with Crippen LogP contribution in [0.1, 0.15) is 47.5 Å². The molecule has 0 spiro atoms. The molecule has 26 heavy (non-hydrogen) atoms. The summed E-state index contributed by atoms with van der Waals surface area (Å²) in [4.78, 5) is 17.1. The summed E-state index contributed by atoms with van der Waals surface area (Å²) in [6.45, 7) is 8.01. The minimum atomic E-state index is -0.0937. The van der Waals surface area contributed by atoms with E-state index >= 15 is 0 Å². The lowest BCUT2D eigenvalue weighted by atomic mass is 10.1. The van der Waals surface area contributed by atoms with Crippen LogP contribution in [0.5, 0.6) is 0 Å². The van der Waals surface area contributed by atoms with Crippen molar-refractivity contribution >= 4 is 17.2 Å². The molecule has 1 atom stereocenters. The third-order valence-corrected chi connectivity index (χ3v) is 5.48. The molecule has 0 saturated carbocycles. The second-order valence-electron chi connectivity index (χ2n) is 6.38. The molecule has 0 radical (unpaired) electrons. The van der Waals surface area contributed by atoms with E-state index in [4.69, 9.17) is 0 Å². The van der Waals surface area contributed by atoms with Gasteiger partial charge in [0.25, 0.3) is 0 Å². The van der Waals surface area contributed by atoms with Crippen LogP contribution in [-0.4, -0.2) is 20.7 Å². The number of nitrogens with zero attached hydrogens (tertiary/aromatic N) is 3. The van der Waals surface area contributed by atoms with E-state index in [0.717, 1.165) is 39.8 Å². The zero-order chi connectivity index (χ0) is 18.7. The van der Waals surface area contributed by atoms with E-state index in [9.17, 15) is 4.79 Å². The number of amides is 1. The van der Waals surface area contributed by atoms with Gasteiger partial charge in [0.1, 0.15) is 0 Å². The summed E-state index contributed by atoms with van der Waals surface area (Å²) in [5, 5.41) is 10.8. The van der Waals surface area contributed by atoms with Crippen LogP contribution < -0.4 is 5.32 Å². The molecule has 1 amide bonds. The van der Waals surface area contributed by atoms with Crippen LogP contribution >= 0.6 is 11.3 Å². The number of hydrogen-bond donors (Lipinski definition) is 1. The quantitative estimate of drug-likeness (QED) is 0.717. The van der Waals surface area contributed by atoms with Gasteiger partial charge in [-0.1, -0.05) is 25.1 Å². The SMILES string of the molecule is CCc1nc(C(C)NC(=O)Cc2c(C)nn(-c3ccccc3)c2C)cs1. The molecule has 0 bridgehead atoms. The highest BCUT2D eigenvalue weighted by Gasteiger charge is 2.18. The molecule has 1 N–H and O–H groups in total. The van der Waals surface area contributed by atoms with Crippen LogP contribution in [-0.2, 0) is 17.6 Å². The van der Waals surface area contributed by atoms with E-state index in [1.54, 1.807) is 11.3 Å². The highest BCUT2D eigenvalue weighted by Crippen LogP contribution is 2.20. The zero-order valence-electron chi connectivity index (χ0n) is 15.6. The van der Waals surface area contributed by atoms with Crippen molar-refractivity contribution < 1.29 is 4.79 Å². The number of aryl methyl sites for hydroxylation is 2. The van der Waals surface area contributed by atoms with Gasteiger partial charge in [-0.25, -0.2) is 9.67 Å². The van der Waals surface area contributed by atoms with Crippen LogP contribution in [0.2, 0.25) is 0 Å². The van der Waals surface area contributed by atoms with E-state index in [1.807, 2.05) is 61.2 Å². The minimum Gasteiger partial charge on any atom is -0.348 e. The Kier molecular flexibility index (Phi) is 5.52. The second-order valence-corrected chi connectivity index (χ2v) is 7.33. The van der Waals surface area contributed by atoms with Crippen molar-refractivity contribution in [3.8, 4) is 5.69 Å². The van der Waals surface area contributed by atoms with Crippen molar-refractivity contribution in [3.05, 3.63) is 63.4 Å². The smallest absolute Gasteiger partial charge is 0.225 e. The number of aromatic nitrogens is 3. The highest BCUT2D eigenvalue weighted by molar-refractivity contribution is 7.09. The summed E-state index contributed by atoms with van der Waals surface area (Å²) < 4.78 is 1.90. The van der Waals surface area contributed by atoms with Crippen molar-refractivity contribution in [2.75, 3.05) is 0 Å². The number of benzene rings is 1. The van der Waals surface area contributed by atoms with E-state index in [-0.39, 0.29) is 11.9 Å². The number of carbonyl (C=O) groups excluding carboxylic acids is 1. The van der Waals surface area contributed by atoms with Gasteiger partial charge >= 0.3 is 0 Å². The lowest BCUT2D eigenvalue weighted by molar-refractivity contribution is -0.121. The minimum absolute atomic E-state index is 0.0117. The number of hydrogen-bond acceptors (Lipinski definition) is 4. The van der Waals surface area contributed by atoms with Crippen molar-refractivity contribution in [1.82, 2.24) is 20.1 Å². The van der Waals surface area contributed by atoms with Crippen LogP contribution in [0, 0.1) is 13.8 Å². The number of para-hydroxylation sites is 1. The molecule has 0 aliphatic carbocycles. The Bertz CT molecular complexity index is 898. The van der Waals surface area contributed by atoms with Gasteiger partial charge in [-0.15, -0.1) is 11.3 Å². The van der Waals surface area contributed by atoms with Gasteiger partial charge in [-0.2, -0.15) is 5.10 Å². The summed E-state index contributed by atoms with van der Waals surface area (Å²) in [5.41, 5.74) is 4.79. The van der Waals surface area contributed by atoms with Crippen molar-refractivity contribution in [3.63, 3.8) is 0 Å². The standard InChI is InChI=1S/C20H24N4OS/c1-5-20-22-18(12-26-20)14(3)21-19(25)11-17-13(2)23-24(15(17)4)16-9-7-6-8-10-16/h6-10,12,14H,5,11H2,1-4H3,(H,21,25). The van der Waals surface area contributed by atoms with Crippen molar-refractivity contribution in [2.45, 2.75) is 46.6 Å². The van der Waals surface area contributed by atoms with Gasteiger partial charge < -0.3 is 5.32 Å². The first-order valence-corrected chi connectivity index (χ1v) is 9.71. The van der Waals surface area contributed by atoms with Gasteiger partial charge in [0.05, 0.1) is 34.5 Å². The van der Waals surface area contributed by atoms with Gasteiger partial charge in [0, 0.05) is 16.6 Å². The molecule has 136 valence electrons. The van der Waals surface area contributed by atoms with E-state index in [0.29, 0.717) is 6.42 Å². The highest BCUT2D eigenvalue weighted by atomic mass is 32.1. The molecule has 0 saturated heterocycles. The maximum atomic E-state index is 12.6. The third kappa shape index (κ3) is 3.85. The van der Waals surface area contributed by atoms with Crippen LogP contribution in [0.3, 0.4) is 0 Å². The molecule has 0 aliphatic rings. The average molecular weight is 369 g/mol. The average Bonchev–Trinajstić information content (AvgIpc) is 3.23. The molecule has 3 rings (SSSR count). The van der Waals surface area contributed by atoms with Gasteiger partial charge in [-0.05, 0) is 39.3 Å². The van der Waals surface area contributed by atoms with E-state index in [1.165, 1.54) is 0 Å². The van der Waals surface area contributed by atoms with Crippen molar-refractivity contribution in [2.24, 2.45) is 0 Å². The number of thiazole rings is 1. The Morgan fingerprint density at radius 3 is 2.65 bits per heavy atom. The first kappa shape index (κ1) is 18.3. The van der Waals surface area contributed by atoms with Crippen LogP contribution in [0.25, 0.3) is 5.69 Å². The van der Waals surface area contributed by atoms with Crippen LogP contribution in [0.4, 0.5) is 0 Å². The molecule has 3 aromatic rings. The molecule has 1 unspecified atom stereocenters. The summed E-state index contributed by atoms with van der Waals surface area (Å²) in [5.74, 6) is -0.0117.